The van der Waals surface area contributed by atoms with Crippen LogP contribution in [-0.2, 0) is 20.9 Å². The van der Waals surface area contributed by atoms with Crippen molar-refractivity contribution >= 4 is 11.8 Å². The van der Waals surface area contributed by atoms with E-state index in [-0.39, 0.29) is 31.1 Å². The number of aromatic nitrogens is 1. The molecule has 1 aromatic heterocycles. The Labute approximate surface area is 142 Å². The van der Waals surface area contributed by atoms with Gasteiger partial charge in [0.1, 0.15) is 13.2 Å². The van der Waals surface area contributed by atoms with Gasteiger partial charge in [-0.05, 0) is 36.9 Å². The summed E-state index contributed by atoms with van der Waals surface area (Å²) in [5.74, 6) is -0.116. The van der Waals surface area contributed by atoms with Crippen LogP contribution >= 0.6 is 0 Å². The lowest BCUT2D eigenvalue weighted by atomic mass is 9.84. The molecule has 1 aromatic rings. The summed E-state index contributed by atoms with van der Waals surface area (Å²) in [5.41, 5.74) is 6.66. The first-order chi connectivity index (χ1) is 11.7. The third-order valence-corrected chi connectivity index (χ3v) is 4.24. The van der Waals surface area contributed by atoms with Crippen LogP contribution < -0.4 is 16.4 Å². The highest BCUT2D eigenvalue weighted by atomic mass is 16.5. The van der Waals surface area contributed by atoms with Gasteiger partial charge in [-0.2, -0.15) is 0 Å². The molecule has 1 aliphatic carbocycles. The lowest BCUT2D eigenvalue weighted by Gasteiger charge is -2.31. The molecule has 132 valence electrons. The molecule has 2 unspecified atom stereocenters. The number of carbonyl (C=O) groups is 2. The minimum atomic E-state index is -0.260. The van der Waals surface area contributed by atoms with E-state index >= 15 is 0 Å². The van der Waals surface area contributed by atoms with Gasteiger partial charge in [-0.15, -0.1) is 0 Å². The second-order valence-corrected chi connectivity index (χ2v) is 6.09. The van der Waals surface area contributed by atoms with Gasteiger partial charge in [-0.25, -0.2) is 0 Å². The number of nitrogens with one attached hydrogen (secondary N) is 2. The average Bonchev–Trinajstić information content (AvgIpc) is 2.61. The first-order valence-electron chi connectivity index (χ1n) is 8.42. The predicted octanol–water partition coefficient (Wildman–Crippen LogP) is 0.348. The molecule has 1 fully saturated rings. The molecule has 7 nitrogen and oxygen atoms in total. The summed E-state index contributed by atoms with van der Waals surface area (Å²) in [5, 5.41) is 5.69. The molecule has 2 rings (SSSR count). The van der Waals surface area contributed by atoms with Crippen LogP contribution in [0.2, 0.25) is 0 Å². The summed E-state index contributed by atoms with van der Waals surface area (Å²) in [7, 11) is 0. The molecule has 7 heteroatoms. The quantitative estimate of drug-likeness (QED) is 0.636. The molecule has 2 atom stereocenters. The largest absolute Gasteiger partial charge is 0.362 e. The van der Waals surface area contributed by atoms with Gasteiger partial charge >= 0.3 is 0 Å². The van der Waals surface area contributed by atoms with Gasteiger partial charge in [-0.1, -0.05) is 18.9 Å². The van der Waals surface area contributed by atoms with E-state index in [0.717, 1.165) is 24.8 Å². The number of hydrogen-bond acceptors (Lipinski definition) is 5. The molecule has 0 bridgehead atoms. The van der Waals surface area contributed by atoms with Crippen LogP contribution in [-0.4, -0.2) is 42.6 Å². The summed E-state index contributed by atoms with van der Waals surface area (Å²) < 4.78 is 5.19. The van der Waals surface area contributed by atoms with Crippen molar-refractivity contribution in [2.45, 2.75) is 38.3 Å². The van der Waals surface area contributed by atoms with Crippen molar-refractivity contribution in [2.24, 2.45) is 11.7 Å². The Morgan fingerprint density at radius 2 is 2.04 bits per heavy atom. The van der Waals surface area contributed by atoms with Crippen molar-refractivity contribution in [3.05, 3.63) is 30.1 Å². The predicted molar refractivity (Wildman–Crippen MR) is 89.8 cm³/mol. The number of ether oxygens (including phenoxy) is 1. The smallest absolute Gasteiger partial charge is 0.246 e. The number of hydrogen-bond donors (Lipinski definition) is 3. The van der Waals surface area contributed by atoms with Gasteiger partial charge in [0.2, 0.25) is 11.8 Å². The minimum absolute atomic E-state index is 0.117. The zero-order valence-electron chi connectivity index (χ0n) is 13.9. The Morgan fingerprint density at radius 1 is 1.25 bits per heavy atom. The molecular weight excluding hydrogens is 308 g/mol. The fraction of sp³-hybridized carbons (Fsp3) is 0.588. The first kappa shape index (κ1) is 18.4. The maximum atomic E-state index is 11.9. The molecule has 0 aliphatic heterocycles. The van der Waals surface area contributed by atoms with Crippen LogP contribution in [0.25, 0.3) is 0 Å². The highest BCUT2D eigenvalue weighted by molar-refractivity contribution is 5.79. The van der Waals surface area contributed by atoms with Crippen LogP contribution in [0, 0.1) is 5.92 Å². The van der Waals surface area contributed by atoms with Crippen molar-refractivity contribution in [3.63, 3.8) is 0 Å². The number of nitrogens with zero attached hydrogens (tertiary/aromatic N) is 1. The van der Waals surface area contributed by atoms with Crippen LogP contribution in [0.3, 0.4) is 0 Å². The first-order valence-corrected chi connectivity index (χ1v) is 8.42. The minimum Gasteiger partial charge on any atom is -0.362 e. The zero-order valence-corrected chi connectivity index (χ0v) is 13.9. The lowest BCUT2D eigenvalue weighted by Crippen LogP contribution is -2.46. The number of pyridine rings is 1. The van der Waals surface area contributed by atoms with Crippen molar-refractivity contribution in [1.29, 1.82) is 0 Å². The van der Waals surface area contributed by atoms with Gasteiger partial charge in [-0.3, -0.25) is 14.6 Å². The van der Waals surface area contributed by atoms with E-state index in [2.05, 4.69) is 15.6 Å². The summed E-state index contributed by atoms with van der Waals surface area (Å²) in [4.78, 5) is 27.6. The van der Waals surface area contributed by atoms with Gasteiger partial charge in [0, 0.05) is 25.0 Å². The van der Waals surface area contributed by atoms with E-state index in [9.17, 15) is 9.59 Å². The Hall–Kier alpha value is -1.99. The molecule has 0 saturated heterocycles. The molecule has 0 aromatic carbocycles. The number of carbonyl (C=O) groups excluding carboxylic acids is 2. The highest BCUT2D eigenvalue weighted by Crippen LogP contribution is 2.23. The van der Waals surface area contributed by atoms with Crippen LogP contribution in [0.1, 0.15) is 31.2 Å². The van der Waals surface area contributed by atoms with Gasteiger partial charge < -0.3 is 21.1 Å². The molecule has 4 N–H and O–H groups in total. The Morgan fingerprint density at radius 3 is 2.79 bits per heavy atom. The third kappa shape index (κ3) is 6.25. The Kier molecular flexibility index (Phi) is 7.64. The molecule has 1 aliphatic rings. The molecule has 1 saturated carbocycles. The van der Waals surface area contributed by atoms with Gasteiger partial charge in [0.15, 0.2) is 0 Å². The van der Waals surface area contributed by atoms with E-state index < -0.39 is 0 Å². The molecular formula is C17H26N4O3. The molecule has 0 radical (unpaired) electrons. The fourth-order valence-electron chi connectivity index (χ4n) is 2.92. The van der Waals surface area contributed by atoms with Crippen LogP contribution in [0.5, 0.6) is 0 Å². The van der Waals surface area contributed by atoms with Crippen molar-refractivity contribution in [2.75, 3.05) is 19.8 Å². The molecule has 0 spiro atoms. The van der Waals surface area contributed by atoms with E-state index in [1.54, 1.807) is 12.4 Å². The summed E-state index contributed by atoms with van der Waals surface area (Å²) in [6, 6.07) is 3.81. The second kappa shape index (κ2) is 10.00. The number of nitrogens with two attached hydrogens (primary N) is 1. The van der Waals surface area contributed by atoms with Crippen LogP contribution in [0.15, 0.2) is 24.5 Å². The molecule has 1 heterocycles. The van der Waals surface area contributed by atoms with Crippen molar-refractivity contribution in [3.8, 4) is 0 Å². The number of rotatable bonds is 8. The van der Waals surface area contributed by atoms with Crippen molar-refractivity contribution < 1.29 is 14.3 Å². The molecule has 2 amide bonds. The van der Waals surface area contributed by atoms with E-state index in [1.807, 2.05) is 12.1 Å². The van der Waals surface area contributed by atoms with Crippen LogP contribution in [0.4, 0.5) is 0 Å². The topological polar surface area (TPSA) is 106 Å². The maximum absolute atomic E-state index is 11.9. The highest BCUT2D eigenvalue weighted by Gasteiger charge is 2.25. The van der Waals surface area contributed by atoms with E-state index in [4.69, 9.17) is 10.5 Å². The standard InChI is InChI=1S/C17H26N4O3/c18-8-14-5-1-2-6-15(14)21-17(23)12-24-11-16(22)20-10-13-4-3-7-19-9-13/h3-4,7,9,14-15H,1-2,5-6,8,10-12,18H2,(H,20,22)(H,21,23). The monoisotopic (exact) mass is 334 g/mol. The lowest BCUT2D eigenvalue weighted by molar-refractivity contribution is -0.131. The van der Waals surface area contributed by atoms with Gasteiger partial charge in [0.25, 0.3) is 0 Å². The van der Waals surface area contributed by atoms with Gasteiger partial charge in [0.05, 0.1) is 0 Å². The third-order valence-electron chi connectivity index (χ3n) is 4.24. The summed E-state index contributed by atoms with van der Waals surface area (Å²) in [6.07, 6.45) is 7.65. The van der Waals surface area contributed by atoms with E-state index in [1.165, 1.54) is 6.42 Å². The Bertz CT molecular complexity index is 524. The van der Waals surface area contributed by atoms with Crippen molar-refractivity contribution in [1.82, 2.24) is 15.6 Å². The zero-order chi connectivity index (χ0) is 17.2. The average molecular weight is 334 g/mol. The summed E-state index contributed by atoms with van der Waals surface area (Å²) >= 11 is 0. The van der Waals surface area contributed by atoms with E-state index in [0.29, 0.717) is 19.0 Å². The molecule has 24 heavy (non-hydrogen) atoms. The second-order valence-electron chi connectivity index (χ2n) is 6.09. The summed E-state index contributed by atoms with van der Waals surface area (Å²) in [6.45, 7) is 0.720. The Balaban J connectivity index is 1.60. The fourth-order valence-corrected chi connectivity index (χ4v) is 2.92. The number of amides is 2. The SMILES string of the molecule is NCC1CCCCC1NC(=O)COCC(=O)NCc1cccnc1. The normalized spacial score (nSPS) is 20.4. The maximum Gasteiger partial charge on any atom is 0.246 e.